The summed E-state index contributed by atoms with van der Waals surface area (Å²) in [5.41, 5.74) is 1.10. The van der Waals surface area contributed by atoms with E-state index in [0.717, 1.165) is 30.6 Å². The molecule has 0 aliphatic carbocycles. The van der Waals surface area contributed by atoms with E-state index in [-0.39, 0.29) is 10.1 Å². The lowest BCUT2D eigenvalue weighted by Crippen LogP contribution is -2.36. The molecule has 2 unspecified atom stereocenters. The van der Waals surface area contributed by atoms with E-state index in [9.17, 15) is 8.42 Å². The van der Waals surface area contributed by atoms with E-state index in [1.165, 1.54) is 0 Å². The van der Waals surface area contributed by atoms with Gasteiger partial charge in [-0.25, -0.2) is 8.42 Å². The number of halogens is 1. The summed E-state index contributed by atoms with van der Waals surface area (Å²) in [6, 6.07) is 7.79. The second kappa shape index (κ2) is 6.27. The highest BCUT2D eigenvalue weighted by molar-refractivity contribution is 9.09. The molecule has 0 radical (unpaired) electrons. The molecule has 0 aromatic heterocycles. The predicted octanol–water partition coefficient (Wildman–Crippen LogP) is 2.97. The fourth-order valence-electron chi connectivity index (χ4n) is 2.54. The topological polar surface area (TPSA) is 43.4 Å². The van der Waals surface area contributed by atoms with Gasteiger partial charge in [-0.2, -0.15) is 0 Å². The number of rotatable bonds is 4. The first-order valence-electron chi connectivity index (χ1n) is 6.51. The van der Waals surface area contributed by atoms with Crippen LogP contribution >= 0.6 is 15.9 Å². The van der Waals surface area contributed by atoms with Crippen LogP contribution in [0.25, 0.3) is 0 Å². The van der Waals surface area contributed by atoms with Crippen molar-refractivity contribution in [2.75, 3.05) is 12.9 Å². The molecule has 0 spiro atoms. The Morgan fingerprint density at radius 1 is 1.42 bits per heavy atom. The van der Waals surface area contributed by atoms with Crippen LogP contribution in [0.4, 0.5) is 0 Å². The molecule has 0 saturated carbocycles. The lowest BCUT2D eigenvalue weighted by atomic mass is 10.0. The summed E-state index contributed by atoms with van der Waals surface area (Å²) in [5.74, 6) is 1.14. The highest BCUT2D eigenvalue weighted by atomic mass is 79.9. The Hall–Kier alpha value is -0.550. The zero-order chi connectivity index (χ0) is 13.9. The highest BCUT2D eigenvalue weighted by Gasteiger charge is 2.34. The van der Waals surface area contributed by atoms with Gasteiger partial charge in [0.2, 0.25) is 0 Å². The minimum atomic E-state index is -2.94. The summed E-state index contributed by atoms with van der Waals surface area (Å²) in [6.07, 6.45) is 3.28. The van der Waals surface area contributed by atoms with E-state index in [2.05, 4.69) is 15.9 Å². The Labute approximate surface area is 123 Å². The molecule has 3 nitrogen and oxygen atoms in total. The maximum atomic E-state index is 12.1. The molecule has 0 bridgehead atoms. The van der Waals surface area contributed by atoms with Crippen LogP contribution in [0.2, 0.25) is 0 Å². The van der Waals surface area contributed by atoms with Crippen molar-refractivity contribution in [3.8, 4) is 5.75 Å². The average Bonchev–Trinajstić information content (AvgIpc) is 2.38. The maximum Gasteiger partial charge on any atom is 0.154 e. The first-order valence-corrected chi connectivity index (χ1v) is 9.14. The maximum absolute atomic E-state index is 12.1. The third-order valence-corrected chi connectivity index (χ3v) is 7.25. The fourth-order valence-corrected chi connectivity index (χ4v) is 6.15. The Bertz CT molecular complexity index is 527. The van der Waals surface area contributed by atoms with Crippen molar-refractivity contribution >= 4 is 25.8 Å². The largest absolute Gasteiger partial charge is 0.497 e. The molecule has 1 aliphatic heterocycles. The standard InChI is InChI=1S/C14H19BrO3S/c1-18-12-6-4-5-11(9-12)10-13(15)14-7-2-3-8-19(14,16)17/h4-6,9,13-14H,2-3,7-8,10H2,1H3. The van der Waals surface area contributed by atoms with Crippen molar-refractivity contribution in [3.63, 3.8) is 0 Å². The summed E-state index contributed by atoms with van der Waals surface area (Å²) in [6.45, 7) is 0. The SMILES string of the molecule is COc1cccc(CC(Br)C2CCCCS2(=O)=O)c1. The molecule has 106 valence electrons. The van der Waals surface area contributed by atoms with E-state index in [4.69, 9.17) is 4.74 Å². The van der Waals surface area contributed by atoms with Gasteiger partial charge in [-0.05, 0) is 37.0 Å². The lowest BCUT2D eigenvalue weighted by Gasteiger charge is -2.26. The van der Waals surface area contributed by atoms with Gasteiger partial charge in [-0.1, -0.05) is 34.5 Å². The summed E-state index contributed by atoms with van der Waals surface area (Å²) in [5, 5.41) is -0.257. The molecule has 1 aromatic carbocycles. The van der Waals surface area contributed by atoms with Crippen molar-refractivity contribution in [2.45, 2.75) is 35.8 Å². The van der Waals surface area contributed by atoms with E-state index in [0.29, 0.717) is 12.2 Å². The molecule has 2 rings (SSSR count). The molecule has 5 heteroatoms. The van der Waals surface area contributed by atoms with Crippen LogP contribution < -0.4 is 4.74 Å². The van der Waals surface area contributed by atoms with Gasteiger partial charge in [0.1, 0.15) is 5.75 Å². The van der Waals surface area contributed by atoms with Gasteiger partial charge in [-0.15, -0.1) is 0 Å². The first-order chi connectivity index (χ1) is 9.03. The van der Waals surface area contributed by atoms with Gasteiger partial charge < -0.3 is 4.74 Å². The van der Waals surface area contributed by atoms with Gasteiger partial charge in [0.15, 0.2) is 9.84 Å². The number of alkyl halides is 1. The fraction of sp³-hybridized carbons (Fsp3) is 0.571. The predicted molar refractivity (Wildman–Crippen MR) is 80.8 cm³/mol. The van der Waals surface area contributed by atoms with Gasteiger partial charge in [0.05, 0.1) is 18.1 Å². The Morgan fingerprint density at radius 2 is 2.21 bits per heavy atom. The van der Waals surface area contributed by atoms with Crippen LogP contribution in [-0.2, 0) is 16.3 Å². The molecule has 1 fully saturated rings. The van der Waals surface area contributed by atoms with E-state index in [1.54, 1.807) is 7.11 Å². The third kappa shape index (κ3) is 3.72. The zero-order valence-electron chi connectivity index (χ0n) is 11.0. The molecular weight excluding hydrogens is 328 g/mol. The summed E-state index contributed by atoms with van der Waals surface area (Å²) in [4.78, 5) is -0.0232. The Morgan fingerprint density at radius 3 is 2.89 bits per heavy atom. The zero-order valence-corrected chi connectivity index (χ0v) is 13.4. The minimum Gasteiger partial charge on any atom is -0.497 e. The van der Waals surface area contributed by atoms with Crippen LogP contribution in [0, 0.1) is 0 Å². The number of sulfone groups is 1. The number of hydrogen-bond donors (Lipinski definition) is 0. The van der Waals surface area contributed by atoms with Gasteiger partial charge in [0, 0.05) is 4.83 Å². The Kier molecular flexibility index (Phi) is 4.90. The second-order valence-electron chi connectivity index (χ2n) is 4.97. The molecule has 1 heterocycles. The molecule has 0 amide bonds. The molecule has 1 saturated heterocycles. The lowest BCUT2D eigenvalue weighted by molar-refractivity contribution is 0.414. The normalized spacial score (nSPS) is 23.8. The number of methoxy groups -OCH3 is 1. The molecular formula is C14H19BrO3S. The van der Waals surface area contributed by atoms with Gasteiger partial charge in [-0.3, -0.25) is 0 Å². The van der Waals surface area contributed by atoms with Crippen LogP contribution in [-0.4, -0.2) is 31.4 Å². The van der Waals surface area contributed by atoms with E-state index in [1.807, 2.05) is 24.3 Å². The quantitative estimate of drug-likeness (QED) is 0.787. The smallest absolute Gasteiger partial charge is 0.154 e. The molecule has 1 aromatic rings. The summed E-state index contributed by atoms with van der Waals surface area (Å²) in [7, 11) is -1.30. The van der Waals surface area contributed by atoms with Crippen molar-refractivity contribution in [1.29, 1.82) is 0 Å². The van der Waals surface area contributed by atoms with Crippen molar-refractivity contribution < 1.29 is 13.2 Å². The third-order valence-electron chi connectivity index (χ3n) is 3.60. The van der Waals surface area contributed by atoms with Gasteiger partial charge >= 0.3 is 0 Å². The summed E-state index contributed by atoms with van der Waals surface area (Å²) >= 11 is 3.58. The van der Waals surface area contributed by atoms with Crippen molar-refractivity contribution in [2.24, 2.45) is 0 Å². The second-order valence-corrected chi connectivity index (χ2v) is 8.49. The average molecular weight is 347 g/mol. The van der Waals surface area contributed by atoms with Crippen LogP contribution in [0.15, 0.2) is 24.3 Å². The number of benzene rings is 1. The van der Waals surface area contributed by atoms with Crippen LogP contribution in [0.5, 0.6) is 5.75 Å². The minimum absolute atomic E-state index is 0.0232. The van der Waals surface area contributed by atoms with E-state index >= 15 is 0 Å². The van der Waals surface area contributed by atoms with E-state index < -0.39 is 9.84 Å². The highest BCUT2D eigenvalue weighted by Crippen LogP contribution is 2.28. The number of ether oxygens (including phenoxy) is 1. The summed E-state index contributed by atoms with van der Waals surface area (Å²) < 4.78 is 29.4. The molecule has 0 N–H and O–H groups in total. The molecule has 19 heavy (non-hydrogen) atoms. The Balaban J connectivity index is 2.09. The molecule has 1 aliphatic rings. The first kappa shape index (κ1) is 14.9. The van der Waals surface area contributed by atoms with Crippen LogP contribution in [0.1, 0.15) is 24.8 Å². The van der Waals surface area contributed by atoms with Crippen molar-refractivity contribution in [1.82, 2.24) is 0 Å². The van der Waals surface area contributed by atoms with Crippen molar-refractivity contribution in [3.05, 3.63) is 29.8 Å². The number of hydrogen-bond acceptors (Lipinski definition) is 3. The van der Waals surface area contributed by atoms with Gasteiger partial charge in [0.25, 0.3) is 0 Å². The molecule has 2 atom stereocenters. The van der Waals surface area contributed by atoms with Crippen LogP contribution in [0.3, 0.4) is 0 Å². The monoisotopic (exact) mass is 346 g/mol.